The standard InChI is InChI=1S/C28H32N2O3/c1-28(2,3)26(15-16-29)33-27(31)30-20-22-11-12-24-19-25(14-13-23(24)18-22)32-17-7-10-21-8-5-4-6-9-21/h4-6,8-9,11-14,18-19,26H,7,10,15,17,20H2,1-3H3,(H,30,31). The first-order valence-corrected chi connectivity index (χ1v) is 11.4. The molecule has 0 aliphatic carbocycles. The molecule has 1 amide bonds. The number of nitrogens with one attached hydrogen (secondary N) is 1. The quantitative estimate of drug-likeness (QED) is 0.387. The van der Waals surface area contributed by atoms with Gasteiger partial charge in [-0.25, -0.2) is 4.79 Å². The fraction of sp³-hybridized carbons (Fsp3) is 0.357. The Balaban J connectivity index is 1.50. The van der Waals surface area contributed by atoms with Crippen LogP contribution in [0.5, 0.6) is 5.75 Å². The summed E-state index contributed by atoms with van der Waals surface area (Å²) in [6.07, 6.45) is 1.17. The van der Waals surface area contributed by atoms with Crippen molar-refractivity contribution in [1.29, 1.82) is 5.26 Å². The van der Waals surface area contributed by atoms with Crippen molar-refractivity contribution in [2.24, 2.45) is 5.41 Å². The van der Waals surface area contributed by atoms with E-state index < -0.39 is 12.2 Å². The Labute approximate surface area is 196 Å². The number of carbonyl (C=O) groups excluding carboxylic acids is 1. The van der Waals surface area contributed by atoms with Crippen LogP contribution in [0, 0.1) is 16.7 Å². The maximum absolute atomic E-state index is 12.2. The second kappa shape index (κ2) is 11.4. The number of carbonyl (C=O) groups is 1. The molecule has 0 aliphatic rings. The smallest absolute Gasteiger partial charge is 0.407 e. The Morgan fingerprint density at radius 2 is 1.73 bits per heavy atom. The van der Waals surface area contributed by atoms with E-state index in [1.165, 1.54) is 5.56 Å². The van der Waals surface area contributed by atoms with Gasteiger partial charge >= 0.3 is 6.09 Å². The fourth-order valence-corrected chi connectivity index (χ4v) is 3.54. The van der Waals surface area contributed by atoms with Gasteiger partial charge in [-0.3, -0.25) is 0 Å². The van der Waals surface area contributed by atoms with Crippen LogP contribution in [0.4, 0.5) is 4.79 Å². The van der Waals surface area contributed by atoms with Crippen LogP contribution in [0.25, 0.3) is 10.8 Å². The van der Waals surface area contributed by atoms with Crippen LogP contribution >= 0.6 is 0 Å². The molecule has 5 heteroatoms. The molecular formula is C28H32N2O3. The van der Waals surface area contributed by atoms with E-state index in [1.54, 1.807) is 0 Å². The van der Waals surface area contributed by atoms with Gasteiger partial charge in [-0.15, -0.1) is 0 Å². The van der Waals surface area contributed by atoms with Crippen molar-refractivity contribution in [1.82, 2.24) is 5.32 Å². The monoisotopic (exact) mass is 444 g/mol. The van der Waals surface area contributed by atoms with Gasteiger partial charge in [0.1, 0.15) is 11.9 Å². The third-order valence-electron chi connectivity index (χ3n) is 5.53. The molecule has 1 N–H and O–H groups in total. The molecular weight excluding hydrogens is 412 g/mol. The number of nitriles is 1. The maximum Gasteiger partial charge on any atom is 0.407 e. The average Bonchev–Trinajstić information content (AvgIpc) is 2.80. The summed E-state index contributed by atoms with van der Waals surface area (Å²) in [5.74, 6) is 0.857. The van der Waals surface area contributed by atoms with E-state index in [0.717, 1.165) is 34.9 Å². The lowest BCUT2D eigenvalue weighted by molar-refractivity contribution is 0.0343. The molecule has 172 valence electrons. The maximum atomic E-state index is 12.2. The van der Waals surface area contributed by atoms with Gasteiger partial charge in [-0.2, -0.15) is 5.26 Å². The topological polar surface area (TPSA) is 71.3 Å². The largest absolute Gasteiger partial charge is 0.494 e. The average molecular weight is 445 g/mol. The zero-order chi connectivity index (χ0) is 23.7. The van der Waals surface area contributed by atoms with Crippen LogP contribution in [0.3, 0.4) is 0 Å². The molecule has 1 atom stereocenters. The molecule has 0 aliphatic heterocycles. The molecule has 0 radical (unpaired) electrons. The minimum Gasteiger partial charge on any atom is -0.494 e. The van der Waals surface area contributed by atoms with E-state index in [2.05, 4.69) is 35.7 Å². The van der Waals surface area contributed by atoms with Crippen LogP contribution in [0.15, 0.2) is 66.7 Å². The summed E-state index contributed by atoms with van der Waals surface area (Å²) < 4.78 is 11.4. The van der Waals surface area contributed by atoms with Gasteiger partial charge in [0.05, 0.1) is 19.1 Å². The first-order chi connectivity index (χ1) is 15.8. The summed E-state index contributed by atoms with van der Waals surface area (Å²) >= 11 is 0. The van der Waals surface area contributed by atoms with Crippen LogP contribution in [-0.2, 0) is 17.7 Å². The number of rotatable bonds is 9. The number of alkyl carbamates (subject to hydrolysis) is 1. The fourth-order valence-electron chi connectivity index (χ4n) is 3.54. The Morgan fingerprint density at radius 3 is 2.45 bits per heavy atom. The molecule has 1 unspecified atom stereocenters. The Kier molecular flexibility index (Phi) is 8.32. The molecule has 3 aromatic rings. The minimum atomic E-state index is -0.510. The zero-order valence-corrected chi connectivity index (χ0v) is 19.6. The Morgan fingerprint density at radius 1 is 1.00 bits per heavy atom. The summed E-state index contributed by atoms with van der Waals surface area (Å²) in [7, 11) is 0. The lowest BCUT2D eigenvalue weighted by Gasteiger charge is -2.28. The van der Waals surface area contributed by atoms with Gasteiger partial charge in [-0.05, 0) is 52.9 Å². The molecule has 0 saturated heterocycles. The number of hydrogen-bond acceptors (Lipinski definition) is 4. The van der Waals surface area contributed by atoms with Crippen molar-refractivity contribution in [3.8, 4) is 11.8 Å². The second-order valence-corrected chi connectivity index (χ2v) is 9.26. The van der Waals surface area contributed by atoms with Crippen molar-refractivity contribution in [3.05, 3.63) is 77.9 Å². The summed E-state index contributed by atoms with van der Waals surface area (Å²) in [5, 5.41) is 13.9. The van der Waals surface area contributed by atoms with E-state index in [0.29, 0.717) is 13.2 Å². The van der Waals surface area contributed by atoms with Crippen molar-refractivity contribution >= 4 is 16.9 Å². The highest BCUT2D eigenvalue weighted by molar-refractivity contribution is 5.84. The molecule has 3 rings (SSSR count). The van der Waals surface area contributed by atoms with Gasteiger partial charge in [0, 0.05) is 12.0 Å². The summed E-state index contributed by atoms with van der Waals surface area (Å²) in [5.41, 5.74) is 2.00. The first kappa shape index (κ1) is 24.1. The van der Waals surface area contributed by atoms with E-state index in [9.17, 15) is 4.79 Å². The molecule has 0 aromatic heterocycles. The van der Waals surface area contributed by atoms with Gasteiger partial charge in [0.15, 0.2) is 0 Å². The molecule has 33 heavy (non-hydrogen) atoms. The highest BCUT2D eigenvalue weighted by Crippen LogP contribution is 2.25. The summed E-state index contributed by atoms with van der Waals surface area (Å²) in [6.45, 7) is 6.88. The molecule has 3 aromatic carbocycles. The van der Waals surface area contributed by atoms with Gasteiger partial charge in [-0.1, -0.05) is 69.3 Å². The predicted molar refractivity (Wildman–Crippen MR) is 131 cm³/mol. The van der Waals surface area contributed by atoms with Crippen LogP contribution < -0.4 is 10.1 Å². The van der Waals surface area contributed by atoms with Gasteiger partial charge < -0.3 is 14.8 Å². The number of hydrogen-bond donors (Lipinski definition) is 1. The zero-order valence-electron chi connectivity index (χ0n) is 19.6. The number of fused-ring (bicyclic) bond motifs is 1. The summed E-state index contributed by atoms with van der Waals surface area (Å²) in [6, 6.07) is 24.6. The Bertz CT molecular complexity index is 1100. The van der Waals surface area contributed by atoms with Crippen molar-refractivity contribution in [2.45, 2.75) is 52.7 Å². The minimum absolute atomic E-state index is 0.170. The molecule has 5 nitrogen and oxygen atoms in total. The van der Waals surface area contributed by atoms with Crippen molar-refractivity contribution < 1.29 is 14.3 Å². The highest BCUT2D eigenvalue weighted by atomic mass is 16.6. The molecule has 0 spiro atoms. The van der Waals surface area contributed by atoms with E-state index in [4.69, 9.17) is 14.7 Å². The van der Waals surface area contributed by atoms with Gasteiger partial charge in [0.25, 0.3) is 0 Å². The van der Waals surface area contributed by atoms with E-state index in [-0.39, 0.29) is 11.8 Å². The SMILES string of the molecule is CC(C)(C)C(CC#N)OC(=O)NCc1ccc2cc(OCCCc3ccccc3)ccc2c1. The first-order valence-electron chi connectivity index (χ1n) is 11.4. The normalized spacial score (nSPS) is 12.1. The van der Waals surface area contributed by atoms with Crippen LogP contribution in [0.1, 0.15) is 44.7 Å². The lowest BCUT2D eigenvalue weighted by atomic mass is 9.87. The van der Waals surface area contributed by atoms with Gasteiger partial charge in [0.2, 0.25) is 0 Å². The van der Waals surface area contributed by atoms with Crippen molar-refractivity contribution in [3.63, 3.8) is 0 Å². The third-order valence-corrected chi connectivity index (χ3v) is 5.53. The molecule has 0 fully saturated rings. The lowest BCUT2D eigenvalue weighted by Crippen LogP contribution is -2.35. The number of ether oxygens (including phenoxy) is 2. The van der Waals surface area contributed by atoms with E-state index >= 15 is 0 Å². The number of nitrogens with zero attached hydrogens (tertiary/aromatic N) is 1. The third kappa shape index (κ3) is 7.54. The molecule has 0 saturated carbocycles. The highest BCUT2D eigenvalue weighted by Gasteiger charge is 2.28. The number of benzene rings is 3. The second-order valence-electron chi connectivity index (χ2n) is 9.26. The summed E-state index contributed by atoms with van der Waals surface area (Å²) in [4.78, 5) is 12.2. The molecule has 0 bridgehead atoms. The van der Waals surface area contributed by atoms with Crippen LogP contribution in [0.2, 0.25) is 0 Å². The predicted octanol–water partition coefficient (Wildman–Crippen LogP) is 6.41. The van der Waals surface area contributed by atoms with Crippen LogP contribution in [-0.4, -0.2) is 18.8 Å². The number of amides is 1. The number of aryl methyl sites for hydroxylation is 1. The molecule has 0 heterocycles. The Hall–Kier alpha value is -3.52. The van der Waals surface area contributed by atoms with Crippen molar-refractivity contribution in [2.75, 3.05) is 6.61 Å². The van der Waals surface area contributed by atoms with E-state index in [1.807, 2.05) is 63.2 Å².